The van der Waals surface area contributed by atoms with Crippen LogP contribution in [0, 0.1) is 0 Å². The molecule has 0 amide bonds. The highest BCUT2D eigenvalue weighted by Gasteiger charge is 2.19. The lowest BCUT2D eigenvalue weighted by atomic mass is 9.92. The van der Waals surface area contributed by atoms with Crippen molar-refractivity contribution in [3.8, 4) is 86.2 Å². The maximum absolute atomic E-state index is 11.0. The molecule has 0 fully saturated rings. The number of phenols is 15. The molecule has 0 spiro atoms. The molecule has 0 aromatic heterocycles. The fraction of sp³-hybridized carbons (Fsp3) is 0.0787. The molecule has 0 radical (unpaired) electrons. The Morgan fingerprint density at radius 3 is 0.904 bits per heavy atom. The summed E-state index contributed by atoms with van der Waals surface area (Å²) in [6.45, 7) is 0. The predicted molar refractivity (Wildman–Crippen MR) is 406 cm³/mol. The number of phenolic OH excluding ortho intramolecular Hbond substituents is 15. The monoisotopic (exact) mass is 1380 g/mol. The minimum atomic E-state index is 0.0974. The van der Waals surface area contributed by atoms with Gasteiger partial charge in [0.25, 0.3) is 0 Å². The topological polar surface area (TPSA) is 303 Å². The number of aromatic hydroxyl groups is 15. The molecule has 0 aliphatic rings. The first-order chi connectivity index (χ1) is 50.1. The zero-order valence-corrected chi connectivity index (χ0v) is 56.1. The van der Waals surface area contributed by atoms with Crippen LogP contribution in [0.4, 0.5) is 0 Å². The summed E-state index contributed by atoms with van der Waals surface area (Å²) in [5.74, 6) is 2.52. The molecule has 0 heterocycles. The predicted octanol–water partition coefficient (Wildman–Crippen LogP) is 18.1. The van der Waals surface area contributed by atoms with Crippen LogP contribution in [0.25, 0.3) is 43.1 Å². The first kappa shape index (κ1) is 70.2. The Balaban J connectivity index is 0.000000131. The Morgan fingerprint density at radius 1 is 0.163 bits per heavy atom. The van der Waals surface area contributed by atoms with Gasteiger partial charge in [-0.2, -0.15) is 0 Å². The first-order valence-electron chi connectivity index (χ1n) is 33.4. The molecule has 0 aliphatic heterocycles. The van der Waals surface area contributed by atoms with Crippen LogP contribution < -0.4 is 0 Å². The molecule has 520 valence electrons. The Morgan fingerprint density at radius 2 is 0.471 bits per heavy atom. The molecule has 0 atom stereocenters. The molecule has 15 N–H and O–H groups in total. The zero-order valence-electron chi connectivity index (χ0n) is 56.1. The number of rotatable bonds is 14. The average Bonchev–Trinajstić information content (AvgIpc) is 0.785. The number of hydrogen-bond donors (Lipinski definition) is 15. The Hall–Kier alpha value is -13.7. The highest BCUT2D eigenvalue weighted by Crippen LogP contribution is 2.41. The summed E-state index contributed by atoms with van der Waals surface area (Å²) < 4.78 is 0. The molecule has 15 nitrogen and oxygen atoms in total. The second kappa shape index (κ2) is 31.3. The Labute approximate surface area is 598 Å². The van der Waals surface area contributed by atoms with Crippen molar-refractivity contribution in [2.75, 3.05) is 0 Å². The fourth-order valence-corrected chi connectivity index (χ4v) is 12.8. The van der Waals surface area contributed by atoms with Gasteiger partial charge in [-0.3, -0.25) is 0 Å². The van der Waals surface area contributed by atoms with E-state index in [-0.39, 0.29) is 86.2 Å². The average molecular weight is 1380 g/mol. The molecule has 15 aromatic rings. The fourth-order valence-electron chi connectivity index (χ4n) is 12.8. The molecule has 0 saturated heterocycles. The van der Waals surface area contributed by atoms with Gasteiger partial charge in [0, 0.05) is 52.8 Å². The van der Waals surface area contributed by atoms with Crippen LogP contribution in [0.1, 0.15) is 77.9 Å². The largest absolute Gasteiger partial charge is 0.508 e. The van der Waals surface area contributed by atoms with Crippen LogP contribution in [0.15, 0.2) is 273 Å². The summed E-state index contributed by atoms with van der Waals surface area (Å²) in [6.07, 6.45) is 3.92. The molecule has 0 unspecified atom stereocenters. The van der Waals surface area contributed by atoms with Crippen LogP contribution in [-0.4, -0.2) is 76.6 Å². The van der Waals surface area contributed by atoms with Gasteiger partial charge in [0.1, 0.15) is 86.2 Å². The zero-order chi connectivity index (χ0) is 73.1. The lowest BCUT2D eigenvalue weighted by Gasteiger charge is -2.14. The van der Waals surface area contributed by atoms with Crippen molar-refractivity contribution in [2.24, 2.45) is 0 Å². The number of hydrogen-bond acceptors (Lipinski definition) is 15. The van der Waals surface area contributed by atoms with E-state index in [0.29, 0.717) is 72.1 Å². The third kappa shape index (κ3) is 17.1. The van der Waals surface area contributed by atoms with E-state index in [1.165, 1.54) is 0 Å². The maximum Gasteiger partial charge on any atom is 0.127 e. The Kier molecular flexibility index (Phi) is 21.1. The first-order valence-corrected chi connectivity index (χ1v) is 33.4. The van der Waals surface area contributed by atoms with Crippen molar-refractivity contribution in [2.45, 2.75) is 44.9 Å². The van der Waals surface area contributed by atoms with Crippen LogP contribution >= 0.6 is 0 Å². The molecule has 15 rings (SSSR count). The highest BCUT2D eigenvalue weighted by molar-refractivity contribution is 5.96. The molecule has 0 aliphatic carbocycles. The maximum atomic E-state index is 11.0. The van der Waals surface area contributed by atoms with Gasteiger partial charge in [0.2, 0.25) is 0 Å². The molecule has 104 heavy (non-hydrogen) atoms. The summed E-state index contributed by atoms with van der Waals surface area (Å²) in [5, 5.41) is 154. The van der Waals surface area contributed by atoms with E-state index in [2.05, 4.69) is 0 Å². The van der Waals surface area contributed by atoms with Crippen molar-refractivity contribution in [3.63, 3.8) is 0 Å². The second-order valence-electron chi connectivity index (χ2n) is 25.7. The van der Waals surface area contributed by atoms with E-state index in [4.69, 9.17) is 0 Å². The van der Waals surface area contributed by atoms with Gasteiger partial charge in [0.05, 0.1) is 0 Å². The highest BCUT2D eigenvalue weighted by atomic mass is 16.3. The summed E-state index contributed by atoms with van der Waals surface area (Å²) in [4.78, 5) is 0. The van der Waals surface area contributed by atoms with Gasteiger partial charge < -0.3 is 76.6 Å². The molecule has 15 heteroatoms. The van der Waals surface area contributed by atoms with Crippen molar-refractivity contribution in [1.29, 1.82) is 0 Å². The third-order valence-electron chi connectivity index (χ3n) is 18.2. The van der Waals surface area contributed by atoms with Gasteiger partial charge in [-0.25, -0.2) is 0 Å². The molecular formula is C89H74O15. The lowest BCUT2D eigenvalue weighted by molar-refractivity contribution is 0.464. The minimum absolute atomic E-state index is 0.0974. The normalized spacial score (nSPS) is 11.0. The van der Waals surface area contributed by atoms with Crippen LogP contribution in [0.2, 0.25) is 0 Å². The van der Waals surface area contributed by atoms with Gasteiger partial charge in [-0.1, -0.05) is 133 Å². The van der Waals surface area contributed by atoms with E-state index in [9.17, 15) is 76.6 Å². The third-order valence-corrected chi connectivity index (χ3v) is 18.2. The van der Waals surface area contributed by atoms with E-state index in [0.717, 1.165) is 93.9 Å². The molecule has 0 bridgehead atoms. The summed E-state index contributed by atoms with van der Waals surface area (Å²) >= 11 is 0. The minimum Gasteiger partial charge on any atom is -0.508 e. The quantitative estimate of drug-likeness (QED) is 0.0481. The smallest absolute Gasteiger partial charge is 0.127 e. The van der Waals surface area contributed by atoms with Gasteiger partial charge in [-0.05, 0) is 253 Å². The van der Waals surface area contributed by atoms with E-state index >= 15 is 0 Å². The Bertz CT molecular complexity index is 5480. The van der Waals surface area contributed by atoms with Gasteiger partial charge in [-0.15, -0.1) is 0 Å². The van der Waals surface area contributed by atoms with E-state index in [1.54, 1.807) is 158 Å². The van der Waals surface area contributed by atoms with Crippen molar-refractivity contribution < 1.29 is 76.6 Å². The SMILES string of the molecule is Oc1ccc(Cc2cc(Cc3ccc(O)cc3)c3ccc(O)cc3c2O)cc1.Oc1ccc(Cc2cc3c(Cc4ccc(O)cc4)ccc(O)c3cc2O)cc1.Oc1ccc(Cc2ccc(O)c3cc(O)ccc23)cc1.Oc1ccc(Cc2ccc3ccc(O)c(Cc4ccc(O)cc4)c3c2O)cc1. The van der Waals surface area contributed by atoms with Crippen LogP contribution in [0.5, 0.6) is 86.2 Å². The lowest BCUT2D eigenvalue weighted by Crippen LogP contribution is -1.96. The second-order valence-corrected chi connectivity index (χ2v) is 25.7. The van der Waals surface area contributed by atoms with Crippen molar-refractivity contribution >= 4 is 43.1 Å². The van der Waals surface area contributed by atoms with Crippen molar-refractivity contribution in [3.05, 3.63) is 351 Å². The van der Waals surface area contributed by atoms with E-state index in [1.807, 2.05) is 115 Å². The molecular weight excluding hydrogens is 1310 g/mol. The van der Waals surface area contributed by atoms with Gasteiger partial charge >= 0.3 is 0 Å². The van der Waals surface area contributed by atoms with E-state index < -0.39 is 0 Å². The molecule has 15 aromatic carbocycles. The van der Waals surface area contributed by atoms with Crippen LogP contribution in [-0.2, 0) is 44.9 Å². The van der Waals surface area contributed by atoms with Gasteiger partial charge in [0.15, 0.2) is 0 Å². The number of benzene rings is 15. The summed E-state index contributed by atoms with van der Waals surface area (Å²) in [6, 6.07) is 78.3. The standard InChI is InChI=1S/3C24H20O4.C17H14O3/c25-19-8-1-15(2-9-19)13-18-6-5-17-7-12-22(27)21(23(17)24(18)28)14-16-3-10-20(26)11-4-16;25-19-6-1-15(2-7-19)11-17-5-10-23(27)22-14-24(28)18(13-21(17)22)12-16-3-8-20(26)9-4-16;25-19-5-1-15(2-6-19)11-17-13-18(12-16-3-7-20(26)8-4-16)24(28)23-14-21(27)9-10-22(17)23;18-13-4-1-11(2-5-13)9-12-3-8-17(20)16-10-14(19)6-7-15(12)16/h1-12,25-28H,13-14H2;2*1-10,13-14,25-28H,11-12H2;1-8,10,18-20H,9H2. The van der Waals surface area contributed by atoms with Crippen LogP contribution in [0.3, 0.4) is 0 Å². The number of fused-ring (bicyclic) bond motifs is 4. The summed E-state index contributed by atoms with van der Waals surface area (Å²) in [5.41, 5.74) is 12.9. The van der Waals surface area contributed by atoms with Crippen molar-refractivity contribution in [1.82, 2.24) is 0 Å². The summed E-state index contributed by atoms with van der Waals surface area (Å²) in [7, 11) is 0. The molecule has 0 saturated carbocycles.